The molecule has 29 heavy (non-hydrogen) atoms. The summed E-state index contributed by atoms with van der Waals surface area (Å²) >= 11 is 0. The second-order valence-electron chi connectivity index (χ2n) is 7.66. The summed E-state index contributed by atoms with van der Waals surface area (Å²) in [4.78, 5) is 36.4. The molecule has 4 rings (SSSR count). The highest BCUT2D eigenvalue weighted by atomic mass is 16.2. The van der Waals surface area contributed by atoms with Crippen LogP contribution in [0, 0.1) is 20.8 Å². The van der Waals surface area contributed by atoms with Gasteiger partial charge in [-0.1, -0.05) is 6.92 Å². The number of rotatable bonds is 5. The summed E-state index contributed by atoms with van der Waals surface area (Å²) in [6.45, 7) is 8.80. The summed E-state index contributed by atoms with van der Waals surface area (Å²) < 4.78 is 3.28. The maximum absolute atomic E-state index is 12.9. The summed E-state index contributed by atoms with van der Waals surface area (Å²) in [5.74, 6) is 1.62. The Hall–Kier alpha value is -2.97. The first-order valence-corrected chi connectivity index (χ1v) is 10.2. The third-order valence-corrected chi connectivity index (χ3v) is 5.72. The number of H-pyrrole nitrogens is 1. The molecule has 1 amide bonds. The number of carbonyl (C=O) groups excluding carboxylic acids is 1. The van der Waals surface area contributed by atoms with E-state index in [1.165, 1.54) is 4.52 Å². The molecule has 0 aliphatic carbocycles. The zero-order valence-electron chi connectivity index (χ0n) is 17.4. The number of aromatic amines is 1. The third-order valence-electron chi connectivity index (χ3n) is 5.72. The number of carbonyl (C=O) groups is 1. The van der Waals surface area contributed by atoms with Crippen LogP contribution in [-0.4, -0.2) is 46.7 Å². The molecule has 4 heterocycles. The van der Waals surface area contributed by atoms with Gasteiger partial charge in [0.15, 0.2) is 5.65 Å². The fourth-order valence-electron chi connectivity index (χ4n) is 4.27. The monoisotopic (exact) mass is 397 g/mol. The number of hydrogen-bond acceptors (Lipinski definition) is 5. The summed E-state index contributed by atoms with van der Waals surface area (Å²) in [6, 6.07) is 1.84. The van der Waals surface area contributed by atoms with Crippen LogP contribution in [0.25, 0.3) is 5.65 Å². The molecule has 1 N–H and O–H groups in total. The van der Waals surface area contributed by atoms with Crippen molar-refractivity contribution in [2.75, 3.05) is 6.54 Å². The molecule has 1 aliphatic heterocycles. The second kappa shape index (κ2) is 7.46. The molecule has 0 spiro atoms. The number of fused-ring (bicyclic) bond motifs is 1. The zero-order chi connectivity index (χ0) is 20.7. The molecule has 9 nitrogen and oxygen atoms in total. The lowest BCUT2D eigenvalue weighted by molar-refractivity contribution is -0.132. The van der Waals surface area contributed by atoms with Crippen LogP contribution >= 0.6 is 0 Å². The lowest BCUT2D eigenvalue weighted by Gasteiger charge is -2.23. The Balaban J connectivity index is 1.56. The predicted octanol–water partition coefficient (Wildman–Crippen LogP) is 1.86. The van der Waals surface area contributed by atoms with Crippen LogP contribution in [-0.2, 0) is 17.8 Å². The standard InChI is InChI=1S/C20H27N7O2/c1-5-15-12(2)21-18-11-16(24-27(18)20(15)29)17-7-6-9-25(17)19(28)8-10-26-14(4)22-13(3)23-26/h11,17,24H,5-10H2,1-4H3/t17-/m0/s1. The zero-order valence-corrected chi connectivity index (χ0v) is 17.4. The average Bonchev–Trinajstić information content (AvgIpc) is 3.38. The number of likely N-dealkylation sites (tertiary alicyclic amines) is 1. The van der Waals surface area contributed by atoms with E-state index in [0.29, 0.717) is 36.4 Å². The lowest BCUT2D eigenvalue weighted by atomic mass is 10.1. The van der Waals surface area contributed by atoms with Gasteiger partial charge in [-0.05, 0) is 40.0 Å². The van der Waals surface area contributed by atoms with Gasteiger partial charge in [-0.15, -0.1) is 0 Å². The maximum Gasteiger partial charge on any atom is 0.276 e. The first-order chi connectivity index (χ1) is 13.9. The van der Waals surface area contributed by atoms with Crippen molar-refractivity contribution >= 4 is 11.6 Å². The molecule has 1 fully saturated rings. The Bertz CT molecular complexity index is 1120. The van der Waals surface area contributed by atoms with Gasteiger partial charge >= 0.3 is 0 Å². The molecule has 9 heteroatoms. The minimum absolute atomic E-state index is 0.0610. The third kappa shape index (κ3) is 3.45. The van der Waals surface area contributed by atoms with Gasteiger partial charge in [0.1, 0.15) is 11.6 Å². The highest BCUT2D eigenvalue weighted by Gasteiger charge is 2.31. The molecule has 1 atom stereocenters. The lowest BCUT2D eigenvalue weighted by Crippen LogP contribution is -2.31. The van der Waals surface area contributed by atoms with E-state index >= 15 is 0 Å². The van der Waals surface area contributed by atoms with E-state index in [-0.39, 0.29) is 17.5 Å². The average molecular weight is 397 g/mol. The fraction of sp³-hybridized carbons (Fsp3) is 0.550. The van der Waals surface area contributed by atoms with Crippen molar-refractivity contribution in [2.24, 2.45) is 0 Å². The van der Waals surface area contributed by atoms with Crippen LogP contribution in [0.15, 0.2) is 10.9 Å². The summed E-state index contributed by atoms with van der Waals surface area (Å²) in [5, 5.41) is 7.53. The van der Waals surface area contributed by atoms with E-state index in [4.69, 9.17) is 0 Å². The predicted molar refractivity (Wildman–Crippen MR) is 108 cm³/mol. The molecule has 0 bridgehead atoms. The van der Waals surface area contributed by atoms with Gasteiger partial charge in [-0.25, -0.2) is 19.2 Å². The van der Waals surface area contributed by atoms with Crippen molar-refractivity contribution in [3.63, 3.8) is 0 Å². The van der Waals surface area contributed by atoms with E-state index in [1.807, 2.05) is 38.7 Å². The summed E-state index contributed by atoms with van der Waals surface area (Å²) in [6.07, 6.45) is 2.82. The molecular weight excluding hydrogens is 370 g/mol. The van der Waals surface area contributed by atoms with Crippen molar-refractivity contribution < 1.29 is 4.79 Å². The number of nitrogens with one attached hydrogen (secondary N) is 1. The van der Waals surface area contributed by atoms with Gasteiger partial charge < -0.3 is 4.90 Å². The van der Waals surface area contributed by atoms with E-state index in [0.717, 1.165) is 36.6 Å². The van der Waals surface area contributed by atoms with E-state index in [2.05, 4.69) is 20.2 Å². The first-order valence-electron chi connectivity index (χ1n) is 10.2. The van der Waals surface area contributed by atoms with Gasteiger partial charge in [0.25, 0.3) is 5.56 Å². The number of aryl methyl sites for hydroxylation is 4. The quantitative estimate of drug-likeness (QED) is 0.708. The molecule has 0 saturated carbocycles. The van der Waals surface area contributed by atoms with Crippen molar-refractivity contribution in [1.82, 2.24) is 34.3 Å². The van der Waals surface area contributed by atoms with Crippen LogP contribution in [0.2, 0.25) is 0 Å². The maximum atomic E-state index is 12.9. The van der Waals surface area contributed by atoms with Gasteiger partial charge in [0.2, 0.25) is 5.91 Å². The van der Waals surface area contributed by atoms with Crippen LogP contribution in [0.5, 0.6) is 0 Å². The van der Waals surface area contributed by atoms with Gasteiger partial charge in [0.05, 0.1) is 18.3 Å². The molecule has 3 aromatic rings. The van der Waals surface area contributed by atoms with Crippen molar-refractivity contribution in [3.8, 4) is 0 Å². The van der Waals surface area contributed by atoms with Crippen LogP contribution < -0.4 is 5.56 Å². The van der Waals surface area contributed by atoms with Crippen molar-refractivity contribution in [3.05, 3.63) is 45.0 Å². The molecular formula is C20H27N7O2. The summed E-state index contributed by atoms with van der Waals surface area (Å²) in [7, 11) is 0. The van der Waals surface area contributed by atoms with E-state index < -0.39 is 0 Å². The Morgan fingerprint density at radius 1 is 1.28 bits per heavy atom. The Morgan fingerprint density at radius 3 is 2.76 bits per heavy atom. The van der Waals surface area contributed by atoms with Gasteiger partial charge in [0, 0.05) is 30.3 Å². The normalized spacial score (nSPS) is 16.8. The van der Waals surface area contributed by atoms with E-state index in [1.54, 1.807) is 4.68 Å². The van der Waals surface area contributed by atoms with Crippen molar-refractivity contribution in [2.45, 2.75) is 66.0 Å². The molecule has 3 aromatic heterocycles. The van der Waals surface area contributed by atoms with E-state index in [9.17, 15) is 9.59 Å². The molecule has 0 radical (unpaired) electrons. The number of aromatic nitrogens is 6. The second-order valence-corrected chi connectivity index (χ2v) is 7.66. The number of nitrogens with zero attached hydrogens (tertiary/aromatic N) is 6. The SMILES string of the molecule is CCc1c(C)nc2cc([C@@H]3CCCN3C(=O)CCn3nc(C)nc3C)[nH]n2c1=O. The molecule has 1 saturated heterocycles. The number of amides is 1. The molecule has 154 valence electrons. The van der Waals surface area contributed by atoms with Crippen molar-refractivity contribution in [1.29, 1.82) is 0 Å². The first kappa shape index (κ1) is 19.4. The Kier molecular flexibility index (Phi) is 4.97. The molecule has 0 aromatic carbocycles. The Morgan fingerprint density at radius 2 is 2.07 bits per heavy atom. The largest absolute Gasteiger partial charge is 0.334 e. The minimum atomic E-state index is -0.0624. The smallest absolute Gasteiger partial charge is 0.276 e. The highest BCUT2D eigenvalue weighted by Crippen LogP contribution is 2.32. The fourth-order valence-corrected chi connectivity index (χ4v) is 4.27. The molecule has 1 aliphatic rings. The van der Waals surface area contributed by atoms with Gasteiger partial charge in [-0.3, -0.25) is 14.7 Å². The topological polar surface area (TPSA) is 101 Å². The van der Waals surface area contributed by atoms with Gasteiger partial charge in [-0.2, -0.15) is 5.10 Å². The summed E-state index contributed by atoms with van der Waals surface area (Å²) in [5.41, 5.74) is 2.89. The highest BCUT2D eigenvalue weighted by molar-refractivity contribution is 5.77. The van der Waals surface area contributed by atoms with Crippen LogP contribution in [0.1, 0.15) is 60.8 Å². The van der Waals surface area contributed by atoms with Crippen LogP contribution in [0.4, 0.5) is 0 Å². The number of hydrogen-bond donors (Lipinski definition) is 1. The van der Waals surface area contributed by atoms with Crippen LogP contribution in [0.3, 0.4) is 0 Å². The minimum Gasteiger partial charge on any atom is -0.334 e. The Labute approximate surface area is 168 Å². The molecule has 0 unspecified atom stereocenters.